The Morgan fingerprint density at radius 1 is 1.03 bits per heavy atom. The number of rotatable bonds is 5. The molecule has 4 fully saturated rings. The van der Waals surface area contributed by atoms with Crippen LogP contribution in [-0.2, 0) is 0 Å². The first-order valence-electron chi connectivity index (χ1n) is 13.7. The Balaban J connectivity index is 1.41. The highest BCUT2D eigenvalue weighted by atomic mass is 16.3. The summed E-state index contributed by atoms with van der Waals surface area (Å²) in [6.07, 6.45) is 20.8. The quantitative estimate of drug-likeness (QED) is 0.444. The van der Waals surface area contributed by atoms with E-state index in [1.54, 1.807) is 0 Å². The Hall–Kier alpha value is -0.560. The second-order valence-corrected chi connectivity index (χ2v) is 13.4. The minimum absolute atomic E-state index is 0.0292. The maximum Gasteiger partial charge on any atom is 0.0546 e. The molecule has 5 aliphatic carbocycles. The fourth-order valence-electron chi connectivity index (χ4n) is 9.90. The van der Waals surface area contributed by atoms with E-state index in [1.165, 1.54) is 51.4 Å². The molecular weight excluding hydrogens is 376 g/mol. The van der Waals surface area contributed by atoms with Crippen molar-refractivity contribution in [2.45, 2.75) is 112 Å². The lowest BCUT2D eigenvalue weighted by molar-refractivity contribution is -0.0294. The van der Waals surface area contributed by atoms with Gasteiger partial charge in [-0.15, -0.1) is 0 Å². The van der Waals surface area contributed by atoms with Crippen LogP contribution in [0.3, 0.4) is 0 Å². The summed E-state index contributed by atoms with van der Waals surface area (Å²) in [7, 11) is 0. The number of allylic oxidation sites excluding steroid dienone is 4. The lowest BCUT2D eigenvalue weighted by Gasteiger charge is -2.57. The van der Waals surface area contributed by atoms with Crippen LogP contribution in [0, 0.1) is 51.2 Å². The van der Waals surface area contributed by atoms with Crippen molar-refractivity contribution >= 4 is 0 Å². The Labute approximate surface area is 192 Å². The minimum Gasteiger partial charge on any atom is -0.393 e. The van der Waals surface area contributed by atoms with Gasteiger partial charge in [-0.2, -0.15) is 0 Å². The molecule has 31 heavy (non-hydrogen) atoms. The van der Waals surface area contributed by atoms with E-state index in [9.17, 15) is 5.11 Å². The van der Waals surface area contributed by atoms with Crippen molar-refractivity contribution in [2.24, 2.45) is 51.2 Å². The van der Waals surface area contributed by atoms with E-state index in [2.05, 4.69) is 59.8 Å². The zero-order chi connectivity index (χ0) is 22.2. The lowest BCUT2D eigenvalue weighted by Crippen LogP contribution is -2.50. The number of hydrogen-bond donors (Lipinski definition) is 1. The van der Waals surface area contributed by atoms with E-state index in [-0.39, 0.29) is 6.10 Å². The molecule has 1 N–H and O–H groups in total. The third-order valence-corrected chi connectivity index (χ3v) is 12.1. The van der Waals surface area contributed by atoms with E-state index in [0.717, 1.165) is 36.5 Å². The molecule has 0 unspecified atom stereocenters. The molecule has 0 heterocycles. The molecule has 0 aromatic carbocycles. The third kappa shape index (κ3) is 2.90. The molecule has 0 spiro atoms. The number of hydrogen-bond acceptors (Lipinski definition) is 1. The van der Waals surface area contributed by atoms with Crippen LogP contribution in [0.1, 0.15) is 106 Å². The van der Waals surface area contributed by atoms with Crippen LogP contribution in [0.15, 0.2) is 23.8 Å². The van der Waals surface area contributed by atoms with Crippen molar-refractivity contribution in [1.29, 1.82) is 0 Å². The Bertz CT molecular complexity index is 773. The van der Waals surface area contributed by atoms with Gasteiger partial charge in [0.05, 0.1) is 6.10 Å². The van der Waals surface area contributed by atoms with Crippen LogP contribution in [0.25, 0.3) is 0 Å². The molecule has 0 saturated heterocycles. The van der Waals surface area contributed by atoms with Crippen molar-refractivity contribution in [3.63, 3.8) is 0 Å². The first-order chi connectivity index (χ1) is 14.6. The van der Waals surface area contributed by atoms with E-state index in [0.29, 0.717) is 27.6 Å². The topological polar surface area (TPSA) is 20.2 Å². The molecule has 4 saturated carbocycles. The average Bonchev–Trinajstić information content (AvgIpc) is 3.32. The summed E-state index contributed by atoms with van der Waals surface area (Å²) in [5.41, 5.74) is 3.75. The molecular formula is C30H48O. The van der Waals surface area contributed by atoms with Crippen LogP contribution in [0.4, 0.5) is 0 Å². The summed E-state index contributed by atoms with van der Waals surface area (Å²) in [5, 5.41) is 10.4. The SMILES string of the molecule is CC[C@@H](/C=C/[C@@H](C)[C@H]1CC[C@@]2(C)[C@@H]3CC[C@]45C[C@@H](O)CC[C@]4(C5)C3=CC[C@]12C)C(C)C. The van der Waals surface area contributed by atoms with Gasteiger partial charge in [-0.05, 0) is 115 Å². The molecule has 0 aromatic rings. The van der Waals surface area contributed by atoms with Gasteiger partial charge in [0.15, 0.2) is 0 Å². The lowest BCUT2D eigenvalue weighted by atomic mass is 9.47. The number of fused-ring (bicyclic) bond motifs is 3. The van der Waals surface area contributed by atoms with Gasteiger partial charge < -0.3 is 5.11 Å². The Kier molecular flexibility index (Phi) is 5.18. The zero-order valence-electron chi connectivity index (χ0n) is 21.2. The summed E-state index contributed by atoms with van der Waals surface area (Å²) in [6.45, 7) is 14.9. The fourth-order valence-corrected chi connectivity index (χ4v) is 9.90. The van der Waals surface area contributed by atoms with Gasteiger partial charge in [0.1, 0.15) is 0 Å². The summed E-state index contributed by atoms with van der Waals surface area (Å²) < 4.78 is 0. The third-order valence-electron chi connectivity index (χ3n) is 12.1. The molecule has 5 aliphatic rings. The average molecular weight is 425 g/mol. The zero-order valence-corrected chi connectivity index (χ0v) is 21.2. The largest absolute Gasteiger partial charge is 0.393 e. The van der Waals surface area contributed by atoms with Crippen molar-refractivity contribution < 1.29 is 5.11 Å². The Morgan fingerprint density at radius 3 is 2.52 bits per heavy atom. The first kappa shape index (κ1) is 22.2. The van der Waals surface area contributed by atoms with Crippen molar-refractivity contribution in [2.75, 3.05) is 0 Å². The molecule has 1 nitrogen and oxygen atoms in total. The summed E-state index contributed by atoms with van der Waals surface area (Å²) in [5.74, 6) is 3.77. The maximum atomic E-state index is 10.4. The van der Waals surface area contributed by atoms with E-state index >= 15 is 0 Å². The van der Waals surface area contributed by atoms with Crippen LogP contribution < -0.4 is 0 Å². The van der Waals surface area contributed by atoms with Crippen molar-refractivity contribution in [1.82, 2.24) is 0 Å². The van der Waals surface area contributed by atoms with Crippen LogP contribution in [0.5, 0.6) is 0 Å². The maximum absolute atomic E-state index is 10.4. The number of aliphatic hydroxyl groups is 1. The fraction of sp³-hybridized carbons (Fsp3) is 0.867. The van der Waals surface area contributed by atoms with E-state index in [1.807, 2.05) is 5.57 Å². The number of aliphatic hydroxyl groups excluding tert-OH is 1. The summed E-state index contributed by atoms with van der Waals surface area (Å²) in [6, 6.07) is 0. The van der Waals surface area contributed by atoms with Gasteiger partial charge in [0.2, 0.25) is 0 Å². The van der Waals surface area contributed by atoms with E-state index in [4.69, 9.17) is 0 Å². The minimum atomic E-state index is -0.0292. The van der Waals surface area contributed by atoms with Crippen LogP contribution in [0.2, 0.25) is 0 Å². The van der Waals surface area contributed by atoms with Crippen LogP contribution in [-0.4, -0.2) is 11.2 Å². The highest BCUT2D eigenvalue weighted by molar-refractivity contribution is 5.41. The standard InChI is InChI=1S/C30H48O/c1-7-22(20(2)3)9-8-21(4)24-11-14-28(6)25-13-16-29-18-23(31)10-17-30(29,19-29)26(25)12-15-27(24,28)5/h8-9,12,20-25,31H,7,10-11,13-19H2,1-6H3/b9-8+/t21-,22+,23+,24-,25-,27-,28+,29-,30+/m1/s1. The summed E-state index contributed by atoms with van der Waals surface area (Å²) in [4.78, 5) is 0. The highest BCUT2D eigenvalue weighted by Gasteiger charge is 2.75. The van der Waals surface area contributed by atoms with Crippen molar-refractivity contribution in [3.05, 3.63) is 23.8 Å². The van der Waals surface area contributed by atoms with Crippen LogP contribution >= 0.6 is 0 Å². The molecule has 5 rings (SSSR count). The van der Waals surface area contributed by atoms with Gasteiger partial charge >= 0.3 is 0 Å². The predicted octanol–water partition coefficient (Wildman–Crippen LogP) is 7.94. The highest BCUT2D eigenvalue weighted by Crippen LogP contribution is 2.83. The second kappa shape index (κ2) is 7.22. The molecule has 0 radical (unpaired) electrons. The first-order valence-corrected chi connectivity index (χ1v) is 13.7. The monoisotopic (exact) mass is 424 g/mol. The van der Waals surface area contributed by atoms with Gasteiger partial charge in [0, 0.05) is 0 Å². The predicted molar refractivity (Wildman–Crippen MR) is 131 cm³/mol. The van der Waals surface area contributed by atoms with E-state index < -0.39 is 0 Å². The molecule has 1 heteroatoms. The molecule has 9 atom stereocenters. The van der Waals surface area contributed by atoms with Crippen molar-refractivity contribution in [3.8, 4) is 0 Å². The molecule has 0 aromatic heterocycles. The smallest absolute Gasteiger partial charge is 0.0546 e. The summed E-state index contributed by atoms with van der Waals surface area (Å²) >= 11 is 0. The second-order valence-electron chi connectivity index (χ2n) is 13.4. The molecule has 174 valence electrons. The molecule has 0 bridgehead atoms. The van der Waals surface area contributed by atoms with Gasteiger partial charge in [0.25, 0.3) is 0 Å². The van der Waals surface area contributed by atoms with Gasteiger partial charge in [-0.3, -0.25) is 0 Å². The van der Waals surface area contributed by atoms with Gasteiger partial charge in [-0.1, -0.05) is 65.3 Å². The molecule has 0 aliphatic heterocycles. The Morgan fingerprint density at radius 2 is 1.81 bits per heavy atom. The van der Waals surface area contributed by atoms with Gasteiger partial charge in [-0.25, -0.2) is 0 Å². The normalized spacial score (nSPS) is 50.3. The molecule has 0 amide bonds.